The number of carboxylic acids is 1. The second-order valence-electron chi connectivity index (χ2n) is 6.27. The van der Waals surface area contributed by atoms with E-state index in [1.165, 1.54) is 29.8 Å². The van der Waals surface area contributed by atoms with Gasteiger partial charge in [0.2, 0.25) is 0 Å². The van der Waals surface area contributed by atoms with Gasteiger partial charge >= 0.3 is 5.97 Å². The van der Waals surface area contributed by atoms with Crippen molar-refractivity contribution in [1.82, 2.24) is 9.88 Å². The van der Waals surface area contributed by atoms with Crippen molar-refractivity contribution in [1.29, 1.82) is 0 Å². The number of aromatic nitrogens is 1. The number of nitrogens with one attached hydrogen (secondary N) is 1. The SMILES string of the molecule is Cn1c(C(=O)NC(CCC(C)(C)C)C(=O)O)cccc1=O. The molecule has 0 bridgehead atoms. The molecule has 0 aliphatic rings. The van der Waals surface area contributed by atoms with Crippen LogP contribution in [-0.4, -0.2) is 27.6 Å². The van der Waals surface area contributed by atoms with Gasteiger partial charge in [0.05, 0.1) is 0 Å². The molecule has 0 aliphatic heterocycles. The van der Waals surface area contributed by atoms with Gasteiger partial charge in [0.25, 0.3) is 11.5 Å². The van der Waals surface area contributed by atoms with E-state index in [0.717, 1.165) is 0 Å². The summed E-state index contributed by atoms with van der Waals surface area (Å²) in [6.45, 7) is 6.03. The number of carbonyl (C=O) groups is 2. The van der Waals surface area contributed by atoms with Gasteiger partial charge in [0.15, 0.2) is 0 Å². The molecule has 6 nitrogen and oxygen atoms in total. The number of amides is 1. The molecule has 1 heterocycles. The van der Waals surface area contributed by atoms with Gasteiger partial charge < -0.3 is 15.0 Å². The van der Waals surface area contributed by atoms with E-state index in [-0.39, 0.29) is 16.7 Å². The maximum absolute atomic E-state index is 12.1. The lowest BCUT2D eigenvalue weighted by Gasteiger charge is -2.21. The summed E-state index contributed by atoms with van der Waals surface area (Å²) in [5.41, 5.74) is -0.188. The minimum absolute atomic E-state index is 0.0158. The molecule has 0 spiro atoms. The Morgan fingerprint density at radius 3 is 2.48 bits per heavy atom. The molecule has 1 rings (SSSR count). The summed E-state index contributed by atoms with van der Waals surface area (Å²) in [4.78, 5) is 34.9. The lowest BCUT2D eigenvalue weighted by molar-refractivity contribution is -0.139. The normalized spacial score (nSPS) is 12.8. The molecule has 0 saturated carbocycles. The van der Waals surface area contributed by atoms with Crippen LogP contribution in [0.25, 0.3) is 0 Å². The van der Waals surface area contributed by atoms with Crippen LogP contribution >= 0.6 is 0 Å². The Morgan fingerprint density at radius 1 is 1.33 bits per heavy atom. The fourth-order valence-electron chi connectivity index (χ4n) is 1.86. The fraction of sp³-hybridized carbons (Fsp3) is 0.533. The summed E-state index contributed by atoms with van der Waals surface area (Å²) in [5, 5.41) is 11.7. The first-order valence-electron chi connectivity index (χ1n) is 6.81. The molecule has 0 radical (unpaired) electrons. The van der Waals surface area contributed by atoms with Crippen LogP contribution in [0, 0.1) is 5.41 Å². The van der Waals surface area contributed by atoms with Crippen LogP contribution < -0.4 is 10.9 Å². The van der Waals surface area contributed by atoms with Gasteiger partial charge in [-0.3, -0.25) is 9.59 Å². The topological polar surface area (TPSA) is 88.4 Å². The highest BCUT2D eigenvalue weighted by Crippen LogP contribution is 2.21. The van der Waals surface area contributed by atoms with E-state index in [4.69, 9.17) is 0 Å². The molecule has 0 aromatic carbocycles. The van der Waals surface area contributed by atoms with Crippen LogP contribution in [-0.2, 0) is 11.8 Å². The Morgan fingerprint density at radius 2 is 1.95 bits per heavy atom. The van der Waals surface area contributed by atoms with E-state index in [1.807, 2.05) is 20.8 Å². The van der Waals surface area contributed by atoms with E-state index in [1.54, 1.807) is 0 Å². The van der Waals surface area contributed by atoms with E-state index >= 15 is 0 Å². The number of hydrogen-bond acceptors (Lipinski definition) is 3. The van der Waals surface area contributed by atoms with Crippen LogP contribution in [0.1, 0.15) is 44.1 Å². The first-order valence-corrected chi connectivity index (χ1v) is 6.81. The van der Waals surface area contributed by atoms with Gasteiger partial charge in [0, 0.05) is 13.1 Å². The number of rotatable bonds is 5. The largest absolute Gasteiger partial charge is 0.480 e. The molecule has 2 N–H and O–H groups in total. The van der Waals surface area contributed by atoms with Crippen molar-refractivity contribution < 1.29 is 14.7 Å². The average Bonchev–Trinajstić information content (AvgIpc) is 2.36. The summed E-state index contributed by atoms with van der Waals surface area (Å²) >= 11 is 0. The third kappa shape index (κ3) is 5.06. The average molecular weight is 294 g/mol. The number of pyridine rings is 1. The van der Waals surface area contributed by atoms with Crippen molar-refractivity contribution in [2.24, 2.45) is 12.5 Å². The molecule has 21 heavy (non-hydrogen) atoms. The van der Waals surface area contributed by atoms with E-state index < -0.39 is 17.9 Å². The zero-order chi connectivity index (χ0) is 16.2. The molecule has 116 valence electrons. The highest BCUT2D eigenvalue weighted by atomic mass is 16.4. The van der Waals surface area contributed by atoms with Gasteiger partial charge in [-0.15, -0.1) is 0 Å². The zero-order valence-corrected chi connectivity index (χ0v) is 12.8. The standard InChI is InChI=1S/C15H22N2O4/c1-15(2,3)9-8-10(14(20)21)16-13(19)11-6-5-7-12(18)17(11)4/h5-7,10H,8-9H2,1-4H3,(H,16,19)(H,20,21). The number of carboxylic acid groups (broad SMARTS) is 1. The highest BCUT2D eigenvalue weighted by Gasteiger charge is 2.24. The Bertz CT molecular complexity index is 584. The summed E-state index contributed by atoms with van der Waals surface area (Å²) in [6, 6.07) is 3.33. The predicted molar refractivity (Wildman–Crippen MR) is 79.3 cm³/mol. The Hall–Kier alpha value is -2.11. The minimum Gasteiger partial charge on any atom is -0.480 e. The van der Waals surface area contributed by atoms with Gasteiger partial charge in [-0.05, 0) is 24.3 Å². The zero-order valence-electron chi connectivity index (χ0n) is 12.8. The number of aliphatic carboxylic acids is 1. The first-order chi connectivity index (χ1) is 9.61. The van der Waals surface area contributed by atoms with Gasteiger partial charge in [-0.1, -0.05) is 26.8 Å². The monoisotopic (exact) mass is 294 g/mol. The second-order valence-corrected chi connectivity index (χ2v) is 6.27. The van der Waals surface area contributed by atoms with Gasteiger partial charge in [-0.2, -0.15) is 0 Å². The van der Waals surface area contributed by atoms with Crippen molar-refractivity contribution in [3.63, 3.8) is 0 Å². The molecule has 1 aromatic heterocycles. The van der Waals surface area contributed by atoms with E-state index in [2.05, 4.69) is 5.32 Å². The molecular formula is C15H22N2O4. The summed E-state index contributed by atoms with van der Waals surface area (Å²) in [7, 11) is 1.47. The molecule has 1 aromatic rings. The quantitative estimate of drug-likeness (QED) is 0.859. The summed E-state index contributed by atoms with van der Waals surface area (Å²) < 4.78 is 1.19. The van der Waals surface area contributed by atoms with Crippen molar-refractivity contribution in [2.75, 3.05) is 0 Å². The first kappa shape index (κ1) is 16.9. The third-order valence-electron chi connectivity index (χ3n) is 3.20. The van der Waals surface area contributed by atoms with E-state index in [9.17, 15) is 19.5 Å². The van der Waals surface area contributed by atoms with Gasteiger partial charge in [0.1, 0.15) is 11.7 Å². The maximum atomic E-state index is 12.1. The van der Waals surface area contributed by atoms with Crippen molar-refractivity contribution in [3.05, 3.63) is 34.2 Å². The molecule has 0 saturated heterocycles. The number of carbonyl (C=O) groups excluding carboxylic acids is 1. The highest BCUT2D eigenvalue weighted by molar-refractivity contribution is 5.95. The number of nitrogens with zero attached hydrogens (tertiary/aromatic N) is 1. The molecule has 1 amide bonds. The van der Waals surface area contributed by atoms with Crippen LogP contribution in [0.3, 0.4) is 0 Å². The lowest BCUT2D eigenvalue weighted by atomic mass is 9.88. The fourth-order valence-corrected chi connectivity index (χ4v) is 1.86. The summed E-state index contributed by atoms with van der Waals surface area (Å²) in [6.07, 6.45) is 1.00. The van der Waals surface area contributed by atoms with Crippen LogP contribution in [0.15, 0.2) is 23.0 Å². The van der Waals surface area contributed by atoms with Crippen LogP contribution in [0.5, 0.6) is 0 Å². The third-order valence-corrected chi connectivity index (χ3v) is 3.20. The lowest BCUT2D eigenvalue weighted by Crippen LogP contribution is -2.42. The smallest absolute Gasteiger partial charge is 0.326 e. The van der Waals surface area contributed by atoms with Crippen LogP contribution in [0.2, 0.25) is 0 Å². The minimum atomic E-state index is -1.08. The van der Waals surface area contributed by atoms with Crippen molar-refractivity contribution in [2.45, 2.75) is 39.7 Å². The molecule has 0 fully saturated rings. The van der Waals surface area contributed by atoms with Crippen molar-refractivity contribution in [3.8, 4) is 0 Å². The Labute approximate surface area is 123 Å². The number of hydrogen-bond donors (Lipinski definition) is 2. The predicted octanol–water partition coefficient (Wildman–Crippen LogP) is 1.39. The molecule has 1 unspecified atom stereocenters. The van der Waals surface area contributed by atoms with Crippen LogP contribution in [0.4, 0.5) is 0 Å². The Kier molecular flexibility index (Phi) is 5.29. The second kappa shape index (κ2) is 6.56. The molecule has 1 atom stereocenters. The summed E-state index contributed by atoms with van der Waals surface area (Å²) in [5.74, 6) is -1.63. The molecular weight excluding hydrogens is 272 g/mol. The molecule has 0 aliphatic carbocycles. The Balaban J connectivity index is 2.84. The van der Waals surface area contributed by atoms with Crippen molar-refractivity contribution >= 4 is 11.9 Å². The van der Waals surface area contributed by atoms with Gasteiger partial charge in [-0.25, -0.2) is 4.79 Å². The maximum Gasteiger partial charge on any atom is 0.326 e. The molecule has 6 heteroatoms. The van der Waals surface area contributed by atoms with E-state index in [0.29, 0.717) is 12.8 Å².